The van der Waals surface area contributed by atoms with E-state index in [0.717, 1.165) is 0 Å². The van der Waals surface area contributed by atoms with Crippen molar-refractivity contribution in [1.82, 2.24) is 5.32 Å². The summed E-state index contributed by atoms with van der Waals surface area (Å²) in [6, 6.07) is 7.03. The van der Waals surface area contributed by atoms with Gasteiger partial charge in [0.1, 0.15) is 19.0 Å². The molecule has 88 valence electrons. The van der Waals surface area contributed by atoms with Crippen molar-refractivity contribution >= 4 is 11.8 Å². The molecular weight excluding hydrogens is 208 g/mol. The topological polar surface area (TPSA) is 73.6 Å². The van der Waals surface area contributed by atoms with Gasteiger partial charge in [-0.25, -0.2) is 4.79 Å². The predicted molar refractivity (Wildman–Crippen MR) is 61.4 cm³/mol. The van der Waals surface area contributed by atoms with E-state index in [4.69, 9.17) is 15.2 Å². The van der Waals surface area contributed by atoms with Crippen molar-refractivity contribution in [3.63, 3.8) is 0 Å². The highest BCUT2D eigenvalue weighted by molar-refractivity contribution is 5.66. The number of amides is 1. The summed E-state index contributed by atoms with van der Waals surface area (Å²) in [4.78, 5) is 10.9. The second-order valence-electron chi connectivity index (χ2n) is 3.08. The number of alkyl carbamates (subject to hydrolysis) is 1. The molecule has 0 atom stereocenters. The minimum Gasteiger partial charge on any atom is -0.490 e. The van der Waals surface area contributed by atoms with E-state index >= 15 is 0 Å². The molecule has 1 aromatic rings. The average molecular weight is 224 g/mol. The third-order valence-corrected chi connectivity index (χ3v) is 1.79. The Morgan fingerprint density at radius 1 is 1.31 bits per heavy atom. The predicted octanol–water partition coefficient (Wildman–Crippen LogP) is 1.39. The third kappa shape index (κ3) is 4.54. The molecule has 16 heavy (non-hydrogen) atoms. The number of nitrogens with one attached hydrogen (secondary N) is 1. The van der Waals surface area contributed by atoms with Gasteiger partial charge in [-0.3, -0.25) is 0 Å². The standard InChI is InChI=1S/C11H16N2O3/c1-2-13-11(14)16-8-7-15-10-5-3-9(12)4-6-10/h3-6H,2,7-8,12H2,1H3,(H,13,14). The van der Waals surface area contributed by atoms with Crippen LogP contribution in [0.5, 0.6) is 5.75 Å². The Balaban J connectivity index is 2.16. The number of rotatable bonds is 5. The van der Waals surface area contributed by atoms with Gasteiger partial charge in [-0.2, -0.15) is 0 Å². The number of hydrogen-bond donors (Lipinski definition) is 2. The van der Waals surface area contributed by atoms with E-state index in [1.54, 1.807) is 24.3 Å². The number of benzene rings is 1. The van der Waals surface area contributed by atoms with Crippen LogP contribution in [0.1, 0.15) is 6.92 Å². The number of carbonyl (C=O) groups is 1. The summed E-state index contributed by atoms with van der Waals surface area (Å²) in [5, 5.41) is 2.52. The highest BCUT2D eigenvalue weighted by Gasteiger charge is 1.99. The molecule has 0 heterocycles. The maximum Gasteiger partial charge on any atom is 0.407 e. The molecule has 5 nitrogen and oxygen atoms in total. The first-order valence-corrected chi connectivity index (χ1v) is 5.11. The Labute approximate surface area is 94.5 Å². The van der Waals surface area contributed by atoms with E-state index in [2.05, 4.69) is 5.32 Å². The molecule has 0 aliphatic heterocycles. The fourth-order valence-electron chi connectivity index (χ4n) is 1.05. The zero-order valence-corrected chi connectivity index (χ0v) is 9.23. The summed E-state index contributed by atoms with van der Waals surface area (Å²) in [5.74, 6) is 0.702. The molecule has 0 aromatic heterocycles. The lowest BCUT2D eigenvalue weighted by Gasteiger charge is -2.07. The summed E-state index contributed by atoms with van der Waals surface area (Å²) in [7, 11) is 0. The summed E-state index contributed by atoms with van der Waals surface area (Å²) in [6.45, 7) is 2.92. The van der Waals surface area contributed by atoms with E-state index in [1.807, 2.05) is 6.92 Å². The van der Waals surface area contributed by atoms with E-state index in [-0.39, 0.29) is 6.61 Å². The van der Waals surface area contributed by atoms with Crippen molar-refractivity contribution in [2.45, 2.75) is 6.92 Å². The van der Waals surface area contributed by atoms with Gasteiger partial charge < -0.3 is 20.5 Å². The van der Waals surface area contributed by atoms with Crippen molar-refractivity contribution in [3.8, 4) is 5.75 Å². The molecule has 0 unspecified atom stereocenters. The van der Waals surface area contributed by atoms with Crippen LogP contribution in [0, 0.1) is 0 Å². The monoisotopic (exact) mass is 224 g/mol. The Morgan fingerprint density at radius 2 is 2.00 bits per heavy atom. The van der Waals surface area contributed by atoms with Crippen LogP contribution in [0.2, 0.25) is 0 Å². The summed E-state index contributed by atoms with van der Waals surface area (Å²) < 4.78 is 10.2. The first-order valence-electron chi connectivity index (χ1n) is 5.11. The lowest BCUT2D eigenvalue weighted by atomic mass is 10.3. The minimum absolute atomic E-state index is 0.218. The Hall–Kier alpha value is -1.91. The quantitative estimate of drug-likeness (QED) is 0.585. The zero-order chi connectivity index (χ0) is 11.8. The number of nitrogen functional groups attached to an aromatic ring is 1. The summed E-state index contributed by atoms with van der Waals surface area (Å²) in [5.41, 5.74) is 6.21. The first kappa shape index (κ1) is 12.2. The van der Waals surface area contributed by atoms with Crippen molar-refractivity contribution in [2.24, 2.45) is 0 Å². The molecule has 5 heteroatoms. The molecule has 1 amide bonds. The number of anilines is 1. The van der Waals surface area contributed by atoms with Crippen molar-refractivity contribution in [1.29, 1.82) is 0 Å². The van der Waals surface area contributed by atoms with E-state index in [1.165, 1.54) is 0 Å². The van der Waals surface area contributed by atoms with E-state index in [9.17, 15) is 4.79 Å². The average Bonchev–Trinajstić information content (AvgIpc) is 2.27. The summed E-state index contributed by atoms with van der Waals surface area (Å²) in [6.07, 6.45) is -0.427. The molecule has 0 aliphatic carbocycles. The molecule has 1 rings (SSSR count). The number of nitrogens with two attached hydrogens (primary N) is 1. The van der Waals surface area contributed by atoms with Crippen molar-refractivity contribution in [2.75, 3.05) is 25.5 Å². The molecule has 3 N–H and O–H groups in total. The van der Waals surface area contributed by atoms with Crippen LogP contribution in [-0.2, 0) is 4.74 Å². The van der Waals surface area contributed by atoms with Crippen LogP contribution in [0.3, 0.4) is 0 Å². The maximum absolute atomic E-state index is 10.9. The van der Waals surface area contributed by atoms with Crippen LogP contribution < -0.4 is 15.8 Å². The maximum atomic E-state index is 10.9. The highest BCUT2D eigenvalue weighted by atomic mass is 16.6. The van der Waals surface area contributed by atoms with Gasteiger partial charge in [0.2, 0.25) is 0 Å². The molecule has 0 radical (unpaired) electrons. The lowest BCUT2D eigenvalue weighted by Crippen LogP contribution is -2.25. The molecule has 0 aliphatic rings. The van der Waals surface area contributed by atoms with Crippen LogP contribution in [-0.4, -0.2) is 25.9 Å². The second kappa shape index (κ2) is 6.55. The fraction of sp³-hybridized carbons (Fsp3) is 0.364. The second-order valence-corrected chi connectivity index (χ2v) is 3.08. The van der Waals surface area contributed by atoms with Crippen LogP contribution in [0.4, 0.5) is 10.5 Å². The lowest BCUT2D eigenvalue weighted by molar-refractivity contribution is 0.125. The fourth-order valence-corrected chi connectivity index (χ4v) is 1.05. The Morgan fingerprint density at radius 3 is 2.62 bits per heavy atom. The Bertz CT molecular complexity index is 325. The van der Waals surface area contributed by atoms with Gasteiger partial charge >= 0.3 is 6.09 Å². The van der Waals surface area contributed by atoms with Gasteiger partial charge in [-0.15, -0.1) is 0 Å². The smallest absolute Gasteiger partial charge is 0.407 e. The normalized spacial score (nSPS) is 9.56. The van der Waals surface area contributed by atoms with Crippen LogP contribution in [0.15, 0.2) is 24.3 Å². The molecule has 0 bridgehead atoms. The summed E-state index contributed by atoms with van der Waals surface area (Å²) >= 11 is 0. The van der Waals surface area contributed by atoms with Gasteiger partial charge in [0.05, 0.1) is 0 Å². The van der Waals surface area contributed by atoms with Crippen LogP contribution >= 0.6 is 0 Å². The zero-order valence-electron chi connectivity index (χ0n) is 9.23. The Kier molecular flexibility index (Phi) is 4.98. The molecule has 0 saturated heterocycles. The first-order chi connectivity index (χ1) is 7.72. The third-order valence-electron chi connectivity index (χ3n) is 1.79. The van der Waals surface area contributed by atoms with Gasteiger partial charge in [-0.1, -0.05) is 0 Å². The molecule has 0 spiro atoms. The number of hydrogen-bond acceptors (Lipinski definition) is 4. The van der Waals surface area contributed by atoms with E-state index < -0.39 is 6.09 Å². The minimum atomic E-state index is -0.427. The molecule has 1 aromatic carbocycles. The highest BCUT2D eigenvalue weighted by Crippen LogP contribution is 2.12. The van der Waals surface area contributed by atoms with Gasteiger partial charge in [0.25, 0.3) is 0 Å². The van der Waals surface area contributed by atoms with Crippen LogP contribution in [0.25, 0.3) is 0 Å². The van der Waals surface area contributed by atoms with Gasteiger partial charge in [0.15, 0.2) is 0 Å². The largest absolute Gasteiger partial charge is 0.490 e. The van der Waals surface area contributed by atoms with Crippen molar-refractivity contribution in [3.05, 3.63) is 24.3 Å². The van der Waals surface area contributed by atoms with E-state index in [0.29, 0.717) is 24.6 Å². The van der Waals surface area contributed by atoms with Gasteiger partial charge in [0, 0.05) is 12.2 Å². The molecule has 0 fully saturated rings. The number of carbonyl (C=O) groups excluding carboxylic acids is 1. The molecular formula is C11H16N2O3. The number of ether oxygens (including phenoxy) is 2. The molecule has 0 saturated carbocycles. The SMILES string of the molecule is CCNC(=O)OCCOc1ccc(N)cc1. The van der Waals surface area contributed by atoms with Gasteiger partial charge in [-0.05, 0) is 31.2 Å². The van der Waals surface area contributed by atoms with Crippen molar-refractivity contribution < 1.29 is 14.3 Å².